The molecule has 0 radical (unpaired) electrons. The zero-order valence-corrected chi connectivity index (χ0v) is 26.6. The molecule has 1 amide bonds. The maximum atomic E-state index is 14.5. The van der Waals surface area contributed by atoms with Gasteiger partial charge in [0.2, 0.25) is 5.88 Å². The van der Waals surface area contributed by atoms with Crippen LogP contribution in [0.3, 0.4) is 0 Å². The number of alkyl halides is 3. The van der Waals surface area contributed by atoms with Crippen LogP contribution in [0.25, 0.3) is 0 Å². The van der Waals surface area contributed by atoms with Gasteiger partial charge in [-0.15, -0.1) is 0 Å². The first-order chi connectivity index (χ1) is 21.4. The highest BCUT2D eigenvalue weighted by atomic mass is 19.4. The molecule has 1 aromatic carbocycles. The summed E-state index contributed by atoms with van der Waals surface area (Å²) >= 11 is 0. The normalized spacial score (nSPS) is 25.7. The Hall–Kier alpha value is -3.18. The standard InChI is InChI=1S/C34H43F3N2O6/c1-6-43-32(41)28-26(33(2,3)4)29(45-19-21-17-22(34(35,36)37)18-38-30(21)42-5)27(24-12-8-7-11-23(24)20-14-15-20)39(28)31(40)25-13-9-10-16-44-25/h7-8,11-12,17-18,20,25-29H,6,9-10,13-16,19H2,1-5H3/t25-,26+,27-,28-,29-/m0/s1. The Balaban J connectivity index is 1.66. The SMILES string of the molecule is CCOC(=O)[C@@H]1[C@@H](C(C)(C)C)[C@H](OCc2cc(C(F)(F)F)cnc2OC)[C@H](c2ccccc2C2CC2)N1C(=O)[C@@H]1CCCCO1. The van der Waals surface area contributed by atoms with Gasteiger partial charge >= 0.3 is 12.1 Å². The van der Waals surface area contributed by atoms with Crippen molar-refractivity contribution in [2.75, 3.05) is 20.3 Å². The Morgan fingerprint density at radius 2 is 1.78 bits per heavy atom. The molecular weight excluding hydrogens is 589 g/mol. The fourth-order valence-electron chi connectivity index (χ4n) is 6.90. The number of rotatable bonds is 9. The zero-order chi connectivity index (χ0) is 32.5. The van der Waals surface area contributed by atoms with Gasteiger partial charge in [-0.05, 0) is 67.6 Å². The Labute approximate surface area is 262 Å². The second-order valence-electron chi connectivity index (χ2n) is 13.2. The molecule has 0 N–H and O–H groups in total. The molecule has 2 aliphatic heterocycles. The summed E-state index contributed by atoms with van der Waals surface area (Å²) in [4.78, 5) is 34.0. The van der Waals surface area contributed by atoms with Crippen molar-refractivity contribution in [3.05, 3.63) is 58.8 Å². The number of hydrogen-bond donors (Lipinski definition) is 0. The van der Waals surface area contributed by atoms with Gasteiger partial charge in [-0.2, -0.15) is 13.2 Å². The number of nitrogens with zero attached hydrogens (tertiary/aromatic N) is 2. The summed E-state index contributed by atoms with van der Waals surface area (Å²) in [5.41, 5.74) is 0.542. The van der Waals surface area contributed by atoms with Gasteiger partial charge in [0, 0.05) is 24.3 Å². The molecule has 1 aromatic heterocycles. The molecule has 11 heteroatoms. The Morgan fingerprint density at radius 3 is 2.36 bits per heavy atom. The van der Waals surface area contributed by atoms with Crippen molar-refractivity contribution in [1.82, 2.24) is 9.88 Å². The van der Waals surface area contributed by atoms with Crippen molar-refractivity contribution in [3.8, 4) is 5.88 Å². The van der Waals surface area contributed by atoms with Crippen molar-refractivity contribution in [1.29, 1.82) is 0 Å². The van der Waals surface area contributed by atoms with Gasteiger partial charge in [0.15, 0.2) is 0 Å². The fourth-order valence-corrected chi connectivity index (χ4v) is 6.90. The molecule has 5 atom stereocenters. The van der Waals surface area contributed by atoms with Gasteiger partial charge in [-0.25, -0.2) is 9.78 Å². The predicted molar refractivity (Wildman–Crippen MR) is 159 cm³/mol. The zero-order valence-electron chi connectivity index (χ0n) is 26.6. The van der Waals surface area contributed by atoms with Crippen LogP contribution in [0.5, 0.6) is 5.88 Å². The smallest absolute Gasteiger partial charge is 0.417 e. The second-order valence-corrected chi connectivity index (χ2v) is 13.2. The number of aromatic nitrogens is 1. The second kappa shape index (κ2) is 13.3. The van der Waals surface area contributed by atoms with Gasteiger partial charge in [-0.1, -0.05) is 45.0 Å². The van der Waals surface area contributed by atoms with E-state index in [0.29, 0.717) is 18.9 Å². The van der Waals surface area contributed by atoms with E-state index in [4.69, 9.17) is 18.9 Å². The van der Waals surface area contributed by atoms with E-state index in [2.05, 4.69) is 4.98 Å². The maximum absolute atomic E-state index is 14.5. The number of pyridine rings is 1. The minimum atomic E-state index is -4.61. The Bertz CT molecular complexity index is 1370. The van der Waals surface area contributed by atoms with E-state index in [1.165, 1.54) is 7.11 Å². The molecular formula is C34H43F3N2O6. The van der Waals surface area contributed by atoms with Crippen LogP contribution in [0.1, 0.15) is 94.0 Å². The third kappa shape index (κ3) is 6.99. The number of esters is 1. The van der Waals surface area contributed by atoms with Crippen molar-refractivity contribution < 1.29 is 41.7 Å². The van der Waals surface area contributed by atoms with Crippen molar-refractivity contribution in [2.24, 2.45) is 11.3 Å². The largest absolute Gasteiger partial charge is 0.481 e. The molecule has 5 rings (SSSR count). The van der Waals surface area contributed by atoms with Crippen LogP contribution in [0.15, 0.2) is 36.5 Å². The summed E-state index contributed by atoms with van der Waals surface area (Å²) in [5.74, 6) is -1.10. The number of likely N-dealkylation sites (tertiary alicyclic amines) is 1. The molecule has 2 aromatic rings. The number of hydrogen-bond acceptors (Lipinski definition) is 7. The molecule has 8 nitrogen and oxygen atoms in total. The number of methoxy groups -OCH3 is 1. The topological polar surface area (TPSA) is 87.2 Å². The summed E-state index contributed by atoms with van der Waals surface area (Å²) in [5, 5.41) is 0. The van der Waals surface area contributed by atoms with E-state index in [-0.39, 0.29) is 30.6 Å². The highest BCUT2D eigenvalue weighted by molar-refractivity contribution is 5.89. The lowest BCUT2D eigenvalue weighted by molar-refractivity contribution is -0.162. The van der Waals surface area contributed by atoms with Crippen LogP contribution in [0.4, 0.5) is 13.2 Å². The lowest BCUT2D eigenvalue weighted by Crippen LogP contribution is -2.51. The van der Waals surface area contributed by atoms with Gasteiger partial charge in [0.1, 0.15) is 12.1 Å². The number of ether oxygens (including phenoxy) is 4. The Morgan fingerprint density at radius 1 is 1.07 bits per heavy atom. The molecule has 3 fully saturated rings. The van der Waals surface area contributed by atoms with Gasteiger partial charge < -0.3 is 23.8 Å². The van der Waals surface area contributed by atoms with Crippen LogP contribution in [-0.4, -0.2) is 60.3 Å². The van der Waals surface area contributed by atoms with E-state index in [1.807, 2.05) is 45.0 Å². The molecule has 1 saturated carbocycles. The minimum Gasteiger partial charge on any atom is -0.481 e. The molecule has 0 spiro atoms. The molecule has 3 aliphatic rings. The summed E-state index contributed by atoms with van der Waals surface area (Å²) in [6, 6.07) is 7.13. The maximum Gasteiger partial charge on any atom is 0.417 e. The van der Waals surface area contributed by atoms with E-state index >= 15 is 0 Å². The highest BCUT2D eigenvalue weighted by Gasteiger charge is 2.60. The lowest BCUT2D eigenvalue weighted by Gasteiger charge is -2.36. The third-order valence-electron chi connectivity index (χ3n) is 9.05. The predicted octanol–water partition coefficient (Wildman–Crippen LogP) is 6.62. The van der Waals surface area contributed by atoms with Crippen molar-refractivity contribution >= 4 is 11.9 Å². The average Bonchev–Trinajstić information content (AvgIpc) is 3.79. The van der Waals surface area contributed by atoms with E-state index in [1.54, 1.807) is 11.8 Å². The van der Waals surface area contributed by atoms with Gasteiger partial charge in [0.25, 0.3) is 5.91 Å². The first-order valence-corrected chi connectivity index (χ1v) is 15.8. The highest BCUT2D eigenvalue weighted by Crippen LogP contribution is 2.53. The van der Waals surface area contributed by atoms with E-state index < -0.39 is 53.3 Å². The molecule has 3 heterocycles. The lowest BCUT2D eigenvalue weighted by atomic mass is 9.73. The summed E-state index contributed by atoms with van der Waals surface area (Å²) in [7, 11) is 1.34. The van der Waals surface area contributed by atoms with Crippen molar-refractivity contribution in [3.63, 3.8) is 0 Å². The monoisotopic (exact) mass is 632 g/mol. The number of amides is 1. The molecule has 0 unspecified atom stereocenters. The molecule has 1 aliphatic carbocycles. The minimum absolute atomic E-state index is 0.00807. The number of benzene rings is 1. The van der Waals surface area contributed by atoms with Crippen LogP contribution >= 0.6 is 0 Å². The van der Waals surface area contributed by atoms with Crippen LogP contribution in [-0.2, 0) is 36.6 Å². The van der Waals surface area contributed by atoms with Gasteiger partial charge in [0.05, 0.1) is 38.0 Å². The average molecular weight is 633 g/mol. The van der Waals surface area contributed by atoms with Crippen LogP contribution in [0, 0.1) is 11.3 Å². The first kappa shape index (κ1) is 33.2. The van der Waals surface area contributed by atoms with Crippen LogP contribution < -0.4 is 4.74 Å². The van der Waals surface area contributed by atoms with Crippen molar-refractivity contribution in [2.45, 2.75) is 103 Å². The number of carbonyl (C=O) groups is 2. The summed E-state index contributed by atoms with van der Waals surface area (Å²) in [6.07, 6.45) is -1.18. The van der Waals surface area contributed by atoms with E-state index in [0.717, 1.165) is 49.1 Å². The van der Waals surface area contributed by atoms with Gasteiger partial charge in [-0.3, -0.25) is 4.79 Å². The number of halogens is 3. The quantitative estimate of drug-likeness (QED) is 0.287. The van der Waals surface area contributed by atoms with Crippen LogP contribution in [0.2, 0.25) is 0 Å². The number of carbonyl (C=O) groups excluding carboxylic acids is 2. The molecule has 2 saturated heterocycles. The summed E-state index contributed by atoms with van der Waals surface area (Å²) in [6.45, 7) is 7.93. The Kier molecular flexibility index (Phi) is 9.79. The molecule has 0 bridgehead atoms. The molecule has 246 valence electrons. The first-order valence-electron chi connectivity index (χ1n) is 15.8. The fraction of sp³-hybridized carbons (Fsp3) is 0.618. The van der Waals surface area contributed by atoms with E-state index in [9.17, 15) is 22.8 Å². The molecule has 45 heavy (non-hydrogen) atoms. The third-order valence-corrected chi connectivity index (χ3v) is 9.05. The summed E-state index contributed by atoms with van der Waals surface area (Å²) < 4.78 is 64.6.